The number of benzene rings is 1. The van der Waals surface area contributed by atoms with E-state index in [0.29, 0.717) is 32.1 Å². The van der Waals surface area contributed by atoms with Crippen molar-refractivity contribution >= 4 is 17.7 Å². The van der Waals surface area contributed by atoms with Gasteiger partial charge in [0.1, 0.15) is 5.82 Å². The summed E-state index contributed by atoms with van der Waals surface area (Å²) in [5, 5.41) is 0. The summed E-state index contributed by atoms with van der Waals surface area (Å²) in [6.45, 7) is 2.08. The lowest BCUT2D eigenvalue weighted by atomic mass is 10.4. The largest absolute Gasteiger partial charge is 0.383 e. The first kappa shape index (κ1) is 16.9. The van der Waals surface area contributed by atoms with Crippen molar-refractivity contribution in [2.45, 2.75) is 4.90 Å². The Labute approximate surface area is 123 Å². The van der Waals surface area contributed by atoms with Crippen LogP contribution in [0.5, 0.6) is 0 Å². The van der Waals surface area contributed by atoms with Crippen LogP contribution in [0.15, 0.2) is 29.2 Å². The highest BCUT2D eigenvalue weighted by atomic mass is 32.2. The Balaban J connectivity index is 2.45. The minimum atomic E-state index is -0.275. The smallest absolute Gasteiger partial charge is 0.233 e. The minimum Gasteiger partial charge on any atom is -0.383 e. The Morgan fingerprint density at radius 1 is 1.15 bits per heavy atom. The van der Waals surface area contributed by atoms with E-state index in [1.54, 1.807) is 31.3 Å². The lowest BCUT2D eigenvalue weighted by molar-refractivity contribution is -0.129. The molecule has 0 aliphatic heterocycles. The average molecular weight is 301 g/mol. The van der Waals surface area contributed by atoms with Crippen LogP contribution in [0, 0.1) is 5.82 Å². The van der Waals surface area contributed by atoms with Crippen molar-refractivity contribution in [3.8, 4) is 0 Å². The normalized spacial score (nSPS) is 10.6. The van der Waals surface area contributed by atoms with Crippen LogP contribution in [-0.2, 0) is 14.3 Å². The first-order valence-electron chi connectivity index (χ1n) is 6.31. The second-order valence-electron chi connectivity index (χ2n) is 4.11. The quantitative estimate of drug-likeness (QED) is 0.654. The molecule has 0 heterocycles. The zero-order valence-corrected chi connectivity index (χ0v) is 12.6. The summed E-state index contributed by atoms with van der Waals surface area (Å²) < 4.78 is 22.8. The lowest BCUT2D eigenvalue weighted by Crippen LogP contribution is -2.37. The van der Waals surface area contributed by atoms with Crippen molar-refractivity contribution in [1.29, 1.82) is 0 Å². The molecule has 1 aromatic rings. The molecule has 0 fully saturated rings. The van der Waals surface area contributed by atoms with Crippen LogP contribution in [0.1, 0.15) is 0 Å². The number of thioether (sulfide) groups is 1. The highest BCUT2D eigenvalue weighted by Crippen LogP contribution is 2.18. The van der Waals surface area contributed by atoms with Gasteiger partial charge in [-0.3, -0.25) is 4.79 Å². The zero-order chi connectivity index (χ0) is 14.8. The van der Waals surface area contributed by atoms with E-state index in [9.17, 15) is 9.18 Å². The molecular weight excluding hydrogens is 281 g/mol. The van der Waals surface area contributed by atoms with Gasteiger partial charge in [0.05, 0.1) is 19.0 Å². The molecule has 112 valence electrons. The fourth-order valence-electron chi connectivity index (χ4n) is 1.53. The molecule has 0 aromatic heterocycles. The third-order valence-corrected chi connectivity index (χ3v) is 3.66. The topological polar surface area (TPSA) is 38.8 Å². The molecule has 0 bridgehead atoms. The molecule has 0 unspecified atom stereocenters. The first-order chi connectivity index (χ1) is 9.67. The highest BCUT2D eigenvalue weighted by Gasteiger charge is 2.13. The molecule has 0 aliphatic carbocycles. The van der Waals surface area contributed by atoms with E-state index >= 15 is 0 Å². The maximum Gasteiger partial charge on any atom is 0.233 e. The summed E-state index contributed by atoms with van der Waals surface area (Å²) in [4.78, 5) is 14.7. The molecule has 1 rings (SSSR count). The lowest BCUT2D eigenvalue weighted by Gasteiger charge is -2.21. The highest BCUT2D eigenvalue weighted by molar-refractivity contribution is 8.00. The number of nitrogens with zero attached hydrogens (tertiary/aromatic N) is 1. The second-order valence-corrected chi connectivity index (χ2v) is 5.16. The summed E-state index contributed by atoms with van der Waals surface area (Å²) >= 11 is 1.39. The molecule has 0 saturated heterocycles. The first-order valence-corrected chi connectivity index (χ1v) is 7.30. The molecule has 1 amide bonds. The van der Waals surface area contributed by atoms with Crippen LogP contribution < -0.4 is 0 Å². The summed E-state index contributed by atoms with van der Waals surface area (Å²) in [5.41, 5.74) is 0. The van der Waals surface area contributed by atoms with E-state index in [0.717, 1.165) is 4.90 Å². The van der Waals surface area contributed by atoms with E-state index in [2.05, 4.69) is 0 Å². The standard InChI is InChI=1S/C14H20FNO3S/c1-18-9-7-16(8-10-19-2)14(17)11-20-13-5-3-12(15)4-6-13/h3-6H,7-11H2,1-2H3. The Kier molecular flexibility index (Phi) is 8.25. The van der Waals surface area contributed by atoms with Crippen molar-refractivity contribution in [2.24, 2.45) is 0 Å². The minimum absolute atomic E-state index is 0.0217. The fourth-order valence-corrected chi connectivity index (χ4v) is 2.33. The van der Waals surface area contributed by atoms with Crippen LogP contribution in [0.2, 0.25) is 0 Å². The van der Waals surface area contributed by atoms with Crippen LogP contribution in [-0.4, -0.2) is 57.1 Å². The molecule has 6 heteroatoms. The van der Waals surface area contributed by atoms with Gasteiger partial charge in [-0.25, -0.2) is 4.39 Å². The van der Waals surface area contributed by atoms with Gasteiger partial charge in [0.25, 0.3) is 0 Å². The Bertz CT molecular complexity index is 392. The molecule has 0 aliphatic rings. The zero-order valence-electron chi connectivity index (χ0n) is 11.8. The molecular formula is C14H20FNO3S. The molecule has 0 atom stereocenters. The van der Waals surface area contributed by atoms with Gasteiger partial charge < -0.3 is 14.4 Å². The molecule has 4 nitrogen and oxygen atoms in total. The summed E-state index contributed by atoms with van der Waals surface area (Å²) in [6.07, 6.45) is 0. The number of ether oxygens (including phenoxy) is 2. The fraction of sp³-hybridized carbons (Fsp3) is 0.500. The van der Waals surface area contributed by atoms with Gasteiger partial charge in [0.15, 0.2) is 0 Å². The van der Waals surface area contributed by atoms with Crippen LogP contribution in [0.4, 0.5) is 4.39 Å². The van der Waals surface area contributed by atoms with E-state index in [1.807, 2.05) is 0 Å². The van der Waals surface area contributed by atoms with Gasteiger partial charge in [-0.2, -0.15) is 0 Å². The molecule has 20 heavy (non-hydrogen) atoms. The van der Waals surface area contributed by atoms with Gasteiger partial charge in [-0.05, 0) is 24.3 Å². The molecule has 0 N–H and O–H groups in total. The average Bonchev–Trinajstić information content (AvgIpc) is 2.46. The van der Waals surface area contributed by atoms with Gasteiger partial charge in [-0.15, -0.1) is 11.8 Å². The van der Waals surface area contributed by atoms with Crippen LogP contribution >= 0.6 is 11.8 Å². The van der Waals surface area contributed by atoms with Crippen LogP contribution in [0.25, 0.3) is 0 Å². The summed E-state index contributed by atoms with van der Waals surface area (Å²) in [6, 6.07) is 6.12. The monoisotopic (exact) mass is 301 g/mol. The second kappa shape index (κ2) is 9.74. The van der Waals surface area contributed by atoms with Crippen molar-refractivity contribution in [1.82, 2.24) is 4.90 Å². The Hall–Kier alpha value is -1.11. The predicted molar refractivity (Wildman–Crippen MR) is 77.5 cm³/mol. The summed E-state index contributed by atoms with van der Waals surface area (Å²) in [7, 11) is 3.21. The van der Waals surface area contributed by atoms with E-state index in [4.69, 9.17) is 9.47 Å². The van der Waals surface area contributed by atoms with Crippen molar-refractivity contribution in [3.05, 3.63) is 30.1 Å². The van der Waals surface area contributed by atoms with Crippen molar-refractivity contribution in [2.75, 3.05) is 46.3 Å². The third kappa shape index (κ3) is 6.36. The number of methoxy groups -OCH3 is 2. The number of amides is 1. The van der Waals surface area contributed by atoms with E-state index in [-0.39, 0.29) is 11.7 Å². The van der Waals surface area contributed by atoms with Gasteiger partial charge in [-0.1, -0.05) is 0 Å². The molecule has 0 radical (unpaired) electrons. The predicted octanol–water partition coefficient (Wildman–Crippen LogP) is 2.04. The number of carbonyl (C=O) groups excluding carboxylic acids is 1. The number of hydrogen-bond donors (Lipinski definition) is 0. The maximum absolute atomic E-state index is 12.8. The van der Waals surface area contributed by atoms with Crippen LogP contribution in [0.3, 0.4) is 0 Å². The number of halogens is 1. The van der Waals surface area contributed by atoms with Gasteiger partial charge in [0, 0.05) is 32.2 Å². The SMILES string of the molecule is COCCN(CCOC)C(=O)CSc1ccc(F)cc1. The third-order valence-electron chi connectivity index (χ3n) is 2.66. The van der Waals surface area contributed by atoms with Gasteiger partial charge >= 0.3 is 0 Å². The number of carbonyl (C=O) groups is 1. The van der Waals surface area contributed by atoms with Crippen molar-refractivity contribution < 1.29 is 18.7 Å². The maximum atomic E-state index is 12.8. The van der Waals surface area contributed by atoms with E-state index < -0.39 is 0 Å². The number of rotatable bonds is 9. The number of hydrogen-bond acceptors (Lipinski definition) is 4. The van der Waals surface area contributed by atoms with Crippen molar-refractivity contribution in [3.63, 3.8) is 0 Å². The molecule has 0 spiro atoms. The molecule has 0 saturated carbocycles. The molecule has 1 aromatic carbocycles. The summed E-state index contributed by atoms with van der Waals surface area (Å²) in [5.74, 6) is 0.0647. The van der Waals surface area contributed by atoms with Gasteiger partial charge in [0.2, 0.25) is 5.91 Å². The van der Waals surface area contributed by atoms with E-state index in [1.165, 1.54) is 23.9 Å². The Morgan fingerprint density at radius 3 is 2.20 bits per heavy atom. The Morgan fingerprint density at radius 2 is 1.70 bits per heavy atom.